The lowest BCUT2D eigenvalue weighted by molar-refractivity contribution is -0.0937. The van der Waals surface area contributed by atoms with Crippen LogP contribution in [0.2, 0.25) is 0 Å². The van der Waals surface area contributed by atoms with Crippen LogP contribution in [0.5, 0.6) is 0 Å². The van der Waals surface area contributed by atoms with E-state index in [-0.39, 0.29) is 12.0 Å². The van der Waals surface area contributed by atoms with Crippen molar-refractivity contribution in [3.63, 3.8) is 0 Å². The van der Waals surface area contributed by atoms with Crippen molar-refractivity contribution in [2.24, 2.45) is 0 Å². The maximum atomic E-state index is 9.16. The van der Waals surface area contributed by atoms with Gasteiger partial charge in [0.05, 0.1) is 25.2 Å². The van der Waals surface area contributed by atoms with Crippen LogP contribution in [-0.2, 0) is 10.2 Å². The number of aryl methyl sites for hydroxylation is 1. The van der Waals surface area contributed by atoms with E-state index in [1.54, 1.807) is 0 Å². The summed E-state index contributed by atoms with van der Waals surface area (Å²) in [5, 5.41) is 9.16. The molecule has 0 aromatic carbocycles. The molecule has 0 saturated carbocycles. The molecule has 3 heteroatoms. The molecule has 1 aliphatic heterocycles. The lowest BCUT2D eigenvalue weighted by Gasteiger charge is -2.37. The van der Waals surface area contributed by atoms with Crippen LogP contribution in [0, 0.1) is 6.92 Å². The van der Waals surface area contributed by atoms with Crippen LogP contribution in [0.25, 0.3) is 0 Å². The minimum absolute atomic E-state index is 0.0972. The number of ether oxygens (including phenoxy) is 1. The predicted octanol–water partition coefficient (Wildman–Crippen LogP) is 0.848. The molecule has 0 amide bonds. The molecular weight excluding hydrogens is 156 g/mol. The van der Waals surface area contributed by atoms with Crippen molar-refractivity contribution < 1.29 is 14.3 Å². The number of rotatable bonds is 2. The molecule has 0 bridgehead atoms. The average molecular weight is 168 g/mol. The molecule has 0 radical (unpaired) electrons. The summed E-state index contributed by atoms with van der Waals surface area (Å²) in [6, 6.07) is 3.82. The van der Waals surface area contributed by atoms with Gasteiger partial charge in [0.2, 0.25) is 0 Å². The average Bonchev–Trinajstić information content (AvgIpc) is 2.35. The number of hydrogen-bond donors (Lipinski definition) is 1. The van der Waals surface area contributed by atoms with Crippen LogP contribution in [0.15, 0.2) is 16.5 Å². The second-order valence-corrected chi connectivity index (χ2v) is 3.34. The molecule has 1 fully saturated rings. The number of hydrogen-bond acceptors (Lipinski definition) is 3. The van der Waals surface area contributed by atoms with Crippen molar-refractivity contribution in [1.82, 2.24) is 0 Å². The van der Waals surface area contributed by atoms with Crippen LogP contribution >= 0.6 is 0 Å². The van der Waals surface area contributed by atoms with Gasteiger partial charge in [-0.15, -0.1) is 0 Å². The van der Waals surface area contributed by atoms with E-state index in [4.69, 9.17) is 14.3 Å². The zero-order chi connectivity index (χ0) is 8.60. The smallest absolute Gasteiger partial charge is 0.117 e. The maximum Gasteiger partial charge on any atom is 0.117 e. The summed E-state index contributed by atoms with van der Waals surface area (Å²) in [5.74, 6) is 1.72. The molecule has 1 N–H and O–H groups in total. The van der Waals surface area contributed by atoms with Gasteiger partial charge in [0.25, 0.3) is 0 Å². The number of furan rings is 1. The van der Waals surface area contributed by atoms with Crippen LogP contribution in [0.3, 0.4) is 0 Å². The molecule has 0 atom stereocenters. The van der Waals surface area contributed by atoms with Gasteiger partial charge in [0.1, 0.15) is 11.5 Å². The number of aliphatic hydroxyl groups is 1. The second kappa shape index (κ2) is 2.61. The maximum absolute atomic E-state index is 9.16. The molecule has 12 heavy (non-hydrogen) atoms. The summed E-state index contributed by atoms with van der Waals surface area (Å²) < 4.78 is 10.5. The van der Waals surface area contributed by atoms with Crippen molar-refractivity contribution in [2.75, 3.05) is 19.8 Å². The highest BCUT2D eigenvalue weighted by molar-refractivity contribution is 5.20. The predicted molar refractivity (Wildman–Crippen MR) is 43.0 cm³/mol. The van der Waals surface area contributed by atoms with Crippen LogP contribution in [-0.4, -0.2) is 24.9 Å². The zero-order valence-corrected chi connectivity index (χ0v) is 7.04. The summed E-state index contributed by atoms with van der Waals surface area (Å²) in [5.41, 5.74) is -0.256. The van der Waals surface area contributed by atoms with Crippen molar-refractivity contribution >= 4 is 0 Å². The molecule has 0 unspecified atom stereocenters. The molecule has 1 aliphatic rings. The topological polar surface area (TPSA) is 42.6 Å². The van der Waals surface area contributed by atoms with Gasteiger partial charge in [-0.2, -0.15) is 0 Å². The lowest BCUT2D eigenvalue weighted by Crippen LogP contribution is -2.49. The molecule has 2 rings (SSSR count). The minimum Gasteiger partial charge on any atom is -0.466 e. The van der Waals surface area contributed by atoms with E-state index in [1.165, 1.54) is 0 Å². The van der Waals surface area contributed by atoms with Gasteiger partial charge < -0.3 is 14.3 Å². The Kier molecular flexibility index (Phi) is 1.70. The number of aliphatic hydroxyl groups excluding tert-OH is 1. The van der Waals surface area contributed by atoms with Gasteiger partial charge >= 0.3 is 0 Å². The molecule has 2 heterocycles. The Morgan fingerprint density at radius 2 is 2.25 bits per heavy atom. The first kappa shape index (κ1) is 7.83. The Morgan fingerprint density at radius 1 is 1.50 bits per heavy atom. The van der Waals surface area contributed by atoms with Crippen molar-refractivity contribution in [2.45, 2.75) is 12.3 Å². The molecule has 0 spiro atoms. The van der Waals surface area contributed by atoms with Crippen molar-refractivity contribution in [3.05, 3.63) is 23.7 Å². The van der Waals surface area contributed by atoms with E-state index in [1.807, 2.05) is 19.1 Å². The Morgan fingerprint density at radius 3 is 2.58 bits per heavy atom. The van der Waals surface area contributed by atoms with Gasteiger partial charge in [-0.25, -0.2) is 0 Å². The third-order valence-electron chi connectivity index (χ3n) is 2.32. The molecular formula is C9H12O3. The zero-order valence-electron chi connectivity index (χ0n) is 7.04. The van der Waals surface area contributed by atoms with Crippen molar-refractivity contribution in [3.8, 4) is 0 Å². The van der Waals surface area contributed by atoms with Gasteiger partial charge in [0, 0.05) is 0 Å². The highest BCUT2D eigenvalue weighted by Crippen LogP contribution is 2.32. The van der Waals surface area contributed by atoms with E-state index in [0.29, 0.717) is 13.2 Å². The van der Waals surface area contributed by atoms with Gasteiger partial charge in [-0.1, -0.05) is 0 Å². The molecule has 3 nitrogen and oxygen atoms in total. The van der Waals surface area contributed by atoms with Gasteiger partial charge in [-0.05, 0) is 19.1 Å². The Hall–Kier alpha value is -0.800. The summed E-state index contributed by atoms with van der Waals surface area (Å²) in [7, 11) is 0. The largest absolute Gasteiger partial charge is 0.466 e. The summed E-state index contributed by atoms with van der Waals surface area (Å²) >= 11 is 0. The van der Waals surface area contributed by atoms with E-state index >= 15 is 0 Å². The first-order chi connectivity index (χ1) is 5.77. The van der Waals surface area contributed by atoms with E-state index in [9.17, 15) is 0 Å². The first-order valence-corrected chi connectivity index (χ1v) is 4.02. The lowest BCUT2D eigenvalue weighted by atomic mass is 9.84. The SMILES string of the molecule is Cc1ccc(C2(CO)COC2)o1. The Balaban J connectivity index is 2.27. The quantitative estimate of drug-likeness (QED) is 0.711. The fourth-order valence-corrected chi connectivity index (χ4v) is 1.38. The second-order valence-electron chi connectivity index (χ2n) is 3.34. The highest BCUT2D eigenvalue weighted by atomic mass is 16.5. The first-order valence-electron chi connectivity index (χ1n) is 4.02. The van der Waals surface area contributed by atoms with Crippen LogP contribution < -0.4 is 0 Å². The molecule has 0 aliphatic carbocycles. The molecule has 1 saturated heterocycles. The third kappa shape index (κ3) is 0.974. The molecule has 1 aromatic heterocycles. The Labute approximate surface area is 71.0 Å². The van der Waals surface area contributed by atoms with Gasteiger partial charge in [-0.3, -0.25) is 0 Å². The van der Waals surface area contributed by atoms with E-state index < -0.39 is 0 Å². The van der Waals surface area contributed by atoms with Crippen molar-refractivity contribution in [1.29, 1.82) is 0 Å². The molecule has 1 aromatic rings. The van der Waals surface area contributed by atoms with E-state index in [0.717, 1.165) is 11.5 Å². The fourth-order valence-electron chi connectivity index (χ4n) is 1.38. The minimum atomic E-state index is -0.256. The van der Waals surface area contributed by atoms with Crippen LogP contribution in [0.1, 0.15) is 11.5 Å². The van der Waals surface area contributed by atoms with Gasteiger partial charge in [0.15, 0.2) is 0 Å². The van der Waals surface area contributed by atoms with Crippen LogP contribution in [0.4, 0.5) is 0 Å². The third-order valence-corrected chi connectivity index (χ3v) is 2.32. The summed E-state index contributed by atoms with van der Waals surface area (Å²) in [6.45, 7) is 3.13. The molecule has 66 valence electrons. The fraction of sp³-hybridized carbons (Fsp3) is 0.556. The summed E-state index contributed by atoms with van der Waals surface area (Å²) in [4.78, 5) is 0. The highest BCUT2D eigenvalue weighted by Gasteiger charge is 2.42. The summed E-state index contributed by atoms with van der Waals surface area (Å²) in [6.07, 6.45) is 0. The van der Waals surface area contributed by atoms with E-state index in [2.05, 4.69) is 0 Å². The monoisotopic (exact) mass is 168 g/mol. The standard InChI is InChI=1S/C9H12O3/c1-7-2-3-8(12-7)9(4-10)5-11-6-9/h2-3,10H,4-6H2,1H3. The normalized spacial score (nSPS) is 20.5. The Bertz CT molecular complexity index is 268.